The molecule has 0 unspecified atom stereocenters. The number of nitrogens with zero attached hydrogens (tertiary/aromatic N) is 3. The number of nitrogens with one attached hydrogen (secondary N) is 3. The summed E-state index contributed by atoms with van der Waals surface area (Å²) < 4.78 is 40.2. The third-order valence-electron chi connectivity index (χ3n) is 6.19. The van der Waals surface area contributed by atoms with Gasteiger partial charge in [-0.25, -0.2) is 23.2 Å². The van der Waals surface area contributed by atoms with Gasteiger partial charge in [-0.15, -0.1) is 0 Å². The van der Waals surface area contributed by atoms with Gasteiger partial charge < -0.3 is 25.2 Å². The quantitative estimate of drug-likeness (QED) is 0.194. The molecule has 0 atom stereocenters. The molecule has 0 spiro atoms. The molecular weight excluding hydrogens is 576 g/mol. The van der Waals surface area contributed by atoms with E-state index in [1.807, 2.05) is 0 Å². The molecule has 0 aliphatic rings. The Balaban J connectivity index is 1.64. The number of carbonyl (C=O) groups is 2. The van der Waals surface area contributed by atoms with E-state index in [1.54, 1.807) is 63.2 Å². The Morgan fingerprint density at radius 2 is 1.47 bits per heavy atom. The first-order valence-corrected chi connectivity index (χ1v) is 14.5. The zero-order chi connectivity index (χ0) is 31.4. The number of fused-ring (bicyclic) bond motifs is 1. The number of hydrogen-bond donors (Lipinski definition) is 4. The fourth-order valence-electron chi connectivity index (χ4n) is 4.04. The number of rotatable bonds is 10. The summed E-state index contributed by atoms with van der Waals surface area (Å²) in [5.41, 5.74) is 0.839. The number of ether oxygens (including phenoxy) is 2. The molecule has 0 bridgehead atoms. The third kappa shape index (κ3) is 7.60. The maximum Gasteiger partial charge on any atom is 0.408 e. The molecule has 0 aliphatic heterocycles. The smallest absolute Gasteiger partial charge is 0.408 e. The van der Waals surface area contributed by atoms with E-state index in [0.717, 1.165) is 4.90 Å². The second-order valence-electron chi connectivity index (χ2n) is 10.4. The van der Waals surface area contributed by atoms with E-state index in [4.69, 9.17) is 9.47 Å². The number of para-hydroxylation sites is 2. The van der Waals surface area contributed by atoms with Gasteiger partial charge in [0.15, 0.2) is 11.6 Å². The molecule has 2 amide bonds. The minimum atomic E-state index is -4.24. The monoisotopic (exact) mass is 608 g/mol. The zero-order valence-electron chi connectivity index (χ0n) is 24.2. The van der Waals surface area contributed by atoms with Gasteiger partial charge in [-0.05, 0) is 51.1 Å². The highest BCUT2D eigenvalue weighted by Crippen LogP contribution is 2.31. The van der Waals surface area contributed by atoms with Crippen molar-refractivity contribution in [3.63, 3.8) is 0 Å². The first kappa shape index (κ1) is 30.8. The number of anilines is 4. The summed E-state index contributed by atoms with van der Waals surface area (Å²) in [6, 6.07) is 17.6. The lowest BCUT2D eigenvalue weighted by molar-refractivity contribution is -0.118. The topological polar surface area (TPSA) is 172 Å². The lowest BCUT2D eigenvalue weighted by Crippen LogP contribution is -2.48. The van der Waals surface area contributed by atoms with Crippen LogP contribution in [0.25, 0.3) is 11.0 Å². The van der Waals surface area contributed by atoms with Crippen LogP contribution in [0.3, 0.4) is 0 Å². The largest absolute Gasteiger partial charge is 0.497 e. The molecule has 14 heteroatoms. The second-order valence-corrected chi connectivity index (χ2v) is 12.0. The van der Waals surface area contributed by atoms with Crippen LogP contribution < -0.4 is 24.8 Å². The molecule has 4 N–H and O–H groups in total. The van der Waals surface area contributed by atoms with Gasteiger partial charge in [0.2, 0.25) is 5.91 Å². The maximum atomic E-state index is 13.5. The molecule has 0 radical (unpaired) electrons. The van der Waals surface area contributed by atoms with E-state index in [1.165, 1.54) is 38.5 Å². The van der Waals surface area contributed by atoms with Crippen molar-refractivity contribution in [1.29, 1.82) is 0 Å². The summed E-state index contributed by atoms with van der Waals surface area (Å²) in [6.45, 7) is 4.55. The predicted molar refractivity (Wildman–Crippen MR) is 163 cm³/mol. The molecule has 43 heavy (non-hydrogen) atoms. The molecule has 13 nitrogen and oxygen atoms in total. The normalized spacial score (nSPS) is 11.5. The van der Waals surface area contributed by atoms with Crippen molar-refractivity contribution in [3.05, 3.63) is 66.7 Å². The number of aromatic nitrogens is 2. The number of hydrogen-bond acceptors (Lipinski definition) is 9. The van der Waals surface area contributed by atoms with Gasteiger partial charge in [-0.3, -0.25) is 14.4 Å². The van der Waals surface area contributed by atoms with Gasteiger partial charge in [0.25, 0.3) is 10.0 Å². The summed E-state index contributed by atoms with van der Waals surface area (Å²) in [7, 11) is -1.22. The Morgan fingerprint density at radius 1 is 0.860 bits per heavy atom. The van der Waals surface area contributed by atoms with Crippen molar-refractivity contribution in [2.75, 3.05) is 36.1 Å². The van der Waals surface area contributed by atoms with Crippen molar-refractivity contribution in [2.24, 2.45) is 0 Å². The van der Waals surface area contributed by atoms with Crippen LogP contribution in [0.2, 0.25) is 0 Å². The number of methoxy groups -OCH3 is 2. The average molecular weight is 609 g/mol. The van der Waals surface area contributed by atoms with Crippen LogP contribution in [0, 0.1) is 0 Å². The fraction of sp³-hybridized carbons (Fsp3) is 0.241. The summed E-state index contributed by atoms with van der Waals surface area (Å²) in [5, 5.41) is 15.1. The number of amides is 2. The molecule has 0 fully saturated rings. The first-order chi connectivity index (χ1) is 20.3. The minimum Gasteiger partial charge on any atom is -0.497 e. The molecule has 4 aromatic rings. The Bertz CT molecular complexity index is 1750. The Hall–Kier alpha value is -5.11. The van der Waals surface area contributed by atoms with Gasteiger partial charge in [0.1, 0.15) is 18.0 Å². The standard InChI is InChI=1S/C29H32N6O7S/c1-29(2,3)35(28(37)38)17-25(36)30-18-9-8-10-22(15-18)43(39,40)34-27-26(32-23-11-6-7-12-24(23)33-27)31-19-13-20(41-4)16-21(14-19)42-5/h6-16H,17H2,1-5H3,(H,30,36)(H,31,32)(H,33,34)(H,37,38). The predicted octanol–water partition coefficient (Wildman–Crippen LogP) is 4.91. The van der Waals surface area contributed by atoms with Crippen molar-refractivity contribution >= 4 is 56.1 Å². The Kier molecular flexibility index (Phi) is 8.90. The van der Waals surface area contributed by atoms with Gasteiger partial charge in [0.05, 0.1) is 30.1 Å². The lowest BCUT2D eigenvalue weighted by Gasteiger charge is -2.32. The van der Waals surface area contributed by atoms with Crippen molar-refractivity contribution in [2.45, 2.75) is 31.2 Å². The minimum absolute atomic E-state index is 0.0720. The van der Waals surface area contributed by atoms with Gasteiger partial charge in [-0.1, -0.05) is 18.2 Å². The summed E-state index contributed by atoms with van der Waals surface area (Å²) >= 11 is 0. The number of carbonyl (C=O) groups excluding carboxylic acids is 1. The SMILES string of the molecule is COc1cc(Nc2nc3ccccc3nc2NS(=O)(=O)c2cccc(NC(=O)CN(C(=O)O)C(C)(C)C)c2)cc(OC)c1. The van der Waals surface area contributed by atoms with Crippen LogP contribution in [0.15, 0.2) is 71.6 Å². The van der Waals surface area contributed by atoms with E-state index in [2.05, 4.69) is 25.3 Å². The molecule has 0 saturated carbocycles. The number of carboxylic acid groups (broad SMARTS) is 1. The Morgan fingerprint density at radius 3 is 2.02 bits per heavy atom. The fourth-order valence-corrected chi connectivity index (χ4v) is 5.09. The van der Waals surface area contributed by atoms with E-state index in [0.29, 0.717) is 28.2 Å². The van der Waals surface area contributed by atoms with Gasteiger partial charge in [0, 0.05) is 35.1 Å². The third-order valence-corrected chi connectivity index (χ3v) is 7.52. The zero-order valence-corrected chi connectivity index (χ0v) is 25.0. The molecule has 3 aromatic carbocycles. The van der Waals surface area contributed by atoms with Crippen molar-refractivity contribution in [3.8, 4) is 11.5 Å². The van der Waals surface area contributed by atoms with E-state index in [-0.39, 0.29) is 22.2 Å². The first-order valence-electron chi connectivity index (χ1n) is 13.0. The van der Waals surface area contributed by atoms with Crippen LogP contribution in [0.4, 0.5) is 27.8 Å². The molecule has 0 saturated heterocycles. The molecule has 1 heterocycles. The van der Waals surface area contributed by atoms with Gasteiger partial charge in [-0.2, -0.15) is 0 Å². The van der Waals surface area contributed by atoms with Crippen LogP contribution in [0.5, 0.6) is 11.5 Å². The lowest BCUT2D eigenvalue weighted by atomic mass is 10.1. The van der Waals surface area contributed by atoms with E-state index in [9.17, 15) is 23.1 Å². The Labute approximate surface area is 248 Å². The highest BCUT2D eigenvalue weighted by atomic mass is 32.2. The molecule has 1 aromatic heterocycles. The average Bonchev–Trinajstić information content (AvgIpc) is 2.95. The highest BCUT2D eigenvalue weighted by Gasteiger charge is 2.28. The van der Waals surface area contributed by atoms with E-state index >= 15 is 0 Å². The van der Waals surface area contributed by atoms with Crippen LogP contribution in [-0.4, -0.2) is 66.7 Å². The molecule has 4 rings (SSSR count). The van der Waals surface area contributed by atoms with Crippen LogP contribution in [-0.2, 0) is 14.8 Å². The number of benzene rings is 3. The summed E-state index contributed by atoms with van der Waals surface area (Å²) in [5.74, 6) is 0.437. The van der Waals surface area contributed by atoms with Crippen LogP contribution >= 0.6 is 0 Å². The van der Waals surface area contributed by atoms with Crippen molar-refractivity contribution < 1.29 is 32.6 Å². The van der Waals surface area contributed by atoms with Gasteiger partial charge >= 0.3 is 6.09 Å². The maximum absolute atomic E-state index is 13.5. The molecular formula is C29H32N6O7S. The second kappa shape index (κ2) is 12.4. The number of sulfonamides is 1. The molecule has 0 aliphatic carbocycles. The van der Waals surface area contributed by atoms with Crippen molar-refractivity contribution in [1.82, 2.24) is 14.9 Å². The van der Waals surface area contributed by atoms with E-state index < -0.39 is 34.1 Å². The molecule has 226 valence electrons. The summed E-state index contributed by atoms with van der Waals surface area (Å²) in [4.78, 5) is 34.1. The highest BCUT2D eigenvalue weighted by molar-refractivity contribution is 7.92. The summed E-state index contributed by atoms with van der Waals surface area (Å²) in [6.07, 6.45) is -1.25. The van der Waals surface area contributed by atoms with Crippen LogP contribution in [0.1, 0.15) is 20.8 Å².